The number of piperidine rings is 1. The predicted octanol–water partition coefficient (Wildman–Crippen LogP) is 2.93. The monoisotopic (exact) mass is 295 g/mol. The van der Waals surface area contributed by atoms with E-state index in [0.29, 0.717) is 0 Å². The molecule has 0 bridgehead atoms. The van der Waals surface area contributed by atoms with Gasteiger partial charge < -0.3 is 4.90 Å². The van der Waals surface area contributed by atoms with Gasteiger partial charge in [-0.2, -0.15) is 10.4 Å². The number of aryl methyl sites for hydroxylation is 2. The Hall–Kier alpha value is -2.35. The molecule has 1 aliphatic heterocycles. The van der Waals surface area contributed by atoms with Crippen LogP contribution in [0, 0.1) is 16.7 Å². The van der Waals surface area contributed by atoms with Gasteiger partial charge in [0, 0.05) is 13.1 Å². The molecule has 1 heterocycles. The average molecular weight is 295 g/mol. The first-order chi connectivity index (χ1) is 10.8. The maximum Gasteiger partial charge on any atom is 0.202 e. The second-order valence-electron chi connectivity index (χ2n) is 5.92. The Morgan fingerprint density at radius 2 is 1.91 bits per heavy atom. The van der Waals surface area contributed by atoms with E-state index < -0.39 is 0 Å². The number of amidine groups is 1. The van der Waals surface area contributed by atoms with Crippen LogP contribution in [-0.2, 0) is 12.8 Å². The van der Waals surface area contributed by atoms with Crippen LogP contribution in [0.3, 0.4) is 0 Å². The van der Waals surface area contributed by atoms with Crippen molar-refractivity contribution in [1.82, 2.24) is 4.90 Å². The molecule has 0 spiro atoms. The van der Waals surface area contributed by atoms with E-state index in [1.807, 2.05) is 17.0 Å². The van der Waals surface area contributed by atoms with E-state index in [0.717, 1.165) is 44.5 Å². The molecular weight excluding hydrogens is 274 g/mol. The molecule has 114 valence electrons. The van der Waals surface area contributed by atoms with Crippen molar-refractivity contribution in [3.05, 3.63) is 29.3 Å². The molecule has 5 nitrogen and oxygen atoms in total. The van der Waals surface area contributed by atoms with Crippen molar-refractivity contribution in [2.45, 2.75) is 38.5 Å². The first kappa shape index (κ1) is 14.6. The Labute approximate surface area is 131 Å². The average Bonchev–Trinajstić information content (AvgIpc) is 3.03. The van der Waals surface area contributed by atoms with Crippen LogP contribution in [0.2, 0.25) is 0 Å². The second kappa shape index (κ2) is 6.61. The lowest BCUT2D eigenvalue weighted by Crippen LogP contribution is -2.39. The van der Waals surface area contributed by atoms with Crippen LogP contribution < -0.4 is 5.43 Å². The highest BCUT2D eigenvalue weighted by atomic mass is 15.3. The van der Waals surface area contributed by atoms with Crippen molar-refractivity contribution in [3.8, 4) is 6.07 Å². The normalized spacial score (nSPS) is 17.8. The zero-order valence-electron chi connectivity index (χ0n) is 12.7. The summed E-state index contributed by atoms with van der Waals surface area (Å²) >= 11 is 0. The minimum absolute atomic E-state index is 0.155. The molecule has 22 heavy (non-hydrogen) atoms. The lowest BCUT2D eigenvalue weighted by atomic mass is 10.1. The fourth-order valence-corrected chi connectivity index (χ4v) is 3.16. The van der Waals surface area contributed by atoms with Gasteiger partial charge in [-0.15, -0.1) is 0 Å². The first-order valence-electron chi connectivity index (χ1n) is 7.97. The van der Waals surface area contributed by atoms with Gasteiger partial charge in [-0.05, 0) is 61.8 Å². The lowest BCUT2D eigenvalue weighted by molar-refractivity contribution is 0.344. The summed E-state index contributed by atoms with van der Waals surface area (Å²) in [5.74, 6) is 0.232. The third kappa shape index (κ3) is 3.11. The van der Waals surface area contributed by atoms with Crippen LogP contribution in [0.5, 0.6) is 0 Å². The first-order valence-corrected chi connectivity index (χ1v) is 7.97. The Bertz CT molecular complexity index is 635. The van der Waals surface area contributed by atoms with E-state index in [4.69, 9.17) is 5.41 Å². The van der Waals surface area contributed by atoms with Gasteiger partial charge in [-0.25, -0.2) is 0 Å². The van der Waals surface area contributed by atoms with E-state index >= 15 is 0 Å². The molecule has 1 saturated heterocycles. The van der Waals surface area contributed by atoms with Crippen molar-refractivity contribution in [1.29, 1.82) is 10.7 Å². The van der Waals surface area contributed by atoms with E-state index in [2.05, 4.69) is 22.7 Å². The van der Waals surface area contributed by atoms with Gasteiger partial charge in [-0.3, -0.25) is 10.8 Å². The number of hydrogen-bond acceptors (Lipinski definition) is 4. The Morgan fingerprint density at radius 3 is 2.68 bits per heavy atom. The Balaban J connectivity index is 1.69. The molecule has 0 amide bonds. The zero-order valence-corrected chi connectivity index (χ0v) is 12.7. The van der Waals surface area contributed by atoms with Gasteiger partial charge in [-0.1, -0.05) is 6.07 Å². The highest BCUT2D eigenvalue weighted by Crippen LogP contribution is 2.24. The standard InChI is InChI=1S/C17H21N5/c18-12-16(17(19)22-9-2-1-3-10-22)21-20-15-8-7-13-5-4-6-14(13)11-15/h7-8,11,19-20H,1-6,9-10H2/b19-17?,21-16-. The molecule has 2 N–H and O–H groups in total. The van der Waals surface area contributed by atoms with Crippen molar-refractivity contribution >= 4 is 17.2 Å². The highest BCUT2D eigenvalue weighted by molar-refractivity contribution is 6.46. The smallest absolute Gasteiger partial charge is 0.202 e. The predicted molar refractivity (Wildman–Crippen MR) is 88.3 cm³/mol. The number of nitrogens with zero attached hydrogens (tertiary/aromatic N) is 3. The van der Waals surface area contributed by atoms with Crippen LogP contribution in [0.4, 0.5) is 5.69 Å². The number of nitriles is 1. The molecule has 5 heteroatoms. The van der Waals surface area contributed by atoms with E-state index in [-0.39, 0.29) is 11.5 Å². The SMILES string of the molecule is N#C/C(=N/Nc1ccc2c(c1)CCC2)C(=N)N1CCCCC1. The number of anilines is 1. The summed E-state index contributed by atoms with van der Waals surface area (Å²) in [5, 5.41) is 21.6. The van der Waals surface area contributed by atoms with Crippen LogP contribution in [0.1, 0.15) is 36.8 Å². The summed E-state index contributed by atoms with van der Waals surface area (Å²) in [7, 11) is 0. The number of fused-ring (bicyclic) bond motifs is 1. The molecule has 1 aliphatic carbocycles. The molecule has 1 fully saturated rings. The van der Waals surface area contributed by atoms with Gasteiger partial charge in [0.05, 0.1) is 5.69 Å². The fraction of sp³-hybridized carbons (Fsp3) is 0.471. The minimum Gasteiger partial charge on any atom is -0.355 e. The summed E-state index contributed by atoms with van der Waals surface area (Å²) in [5.41, 5.74) is 6.77. The number of rotatable bonds is 3. The topological polar surface area (TPSA) is 75.3 Å². The zero-order chi connectivity index (χ0) is 15.4. The van der Waals surface area contributed by atoms with Gasteiger partial charge >= 0.3 is 0 Å². The minimum atomic E-state index is 0.155. The van der Waals surface area contributed by atoms with Crippen LogP contribution in [0.15, 0.2) is 23.3 Å². The Kier molecular flexibility index (Phi) is 4.38. The quantitative estimate of drug-likeness (QED) is 0.511. The molecule has 3 rings (SSSR count). The third-order valence-electron chi connectivity index (χ3n) is 4.40. The summed E-state index contributed by atoms with van der Waals surface area (Å²) in [6.07, 6.45) is 6.85. The molecule has 0 unspecified atom stereocenters. The molecule has 1 aromatic carbocycles. The number of hydrogen-bond donors (Lipinski definition) is 2. The van der Waals surface area contributed by atoms with Crippen molar-refractivity contribution in [3.63, 3.8) is 0 Å². The van der Waals surface area contributed by atoms with Crippen molar-refractivity contribution in [2.75, 3.05) is 18.5 Å². The number of likely N-dealkylation sites (tertiary alicyclic amines) is 1. The number of nitrogens with one attached hydrogen (secondary N) is 2. The van der Waals surface area contributed by atoms with E-state index in [1.54, 1.807) is 0 Å². The fourth-order valence-electron chi connectivity index (χ4n) is 3.16. The van der Waals surface area contributed by atoms with Crippen LogP contribution in [-0.4, -0.2) is 29.5 Å². The van der Waals surface area contributed by atoms with Gasteiger partial charge in [0.1, 0.15) is 6.07 Å². The molecule has 0 saturated carbocycles. The second-order valence-corrected chi connectivity index (χ2v) is 5.92. The molecule has 0 aromatic heterocycles. The molecule has 2 aliphatic rings. The summed E-state index contributed by atoms with van der Waals surface area (Å²) in [4.78, 5) is 1.94. The van der Waals surface area contributed by atoms with Crippen LogP contribution in [0.25, 0.3) is 0 Å². The largest absolute Gasteiger partial charge is 0.355 e. The molecule has 1 aromatic rings. The summed E-state index contributed by atoms with van der Waals surface area (Å²) < 4.78 is 0. The van der Waals surface area contributed by atoms with Gasteiger partial charge in [0.25, 0.3) is 0 Å². The molecule has 0 radical (unpaired) electrons. The molecular formula is C17H21N5. The summed E-state index contributed by atoms with van der Waals surface area (Å²) in [6.45, 7) is 1.69. The number of hydrazone groups is 1. The van der Waals surface area contributed by atoms with Crippen molar-refractivity contribution in [2.24, 2.45) is 5.10 Å². The molecule has 0 atom stereocenters. The Morgan fingerprint density at radius 1 is 1.14 bits per heavy atom. The maximum absolute atomic E-state index is 9.27. The lowest BCUT2D eigenvalue weighted by Gasteiger charge is -2.27. The van der Waals surface area contributed by atoms with E-state index in [1.165, 1.54) is 24.0 Å². The van der Waals surface area contributed by atoms with Crippen molar-refractivity contribution < 1.29 is 0 Å². The van der Waals surface area contributed by atoms with E-state index in [9.17, 15) is 5.26 Å². The summed E-state index contributed by atoms with van der Waals surface area (Å²) in [6, 6.07) is 8.27. The van der Waals surface area contributed by atoms with Crippen LogP contribution >= 0.6 is 0 Å². The maximum atomic E-state index is 9.27. The van der Waals surface area contributed by atoms with Gasteiger partial charge in [0.15, 0.2) is 5.84 Å². The van der Waals surface area contributed by atoms with Gasteiger partial charge in [0.2, 0.25) is 5.71 Å². The third-order valence-corrected chi connectivity index (χ3v) is 4.40. The number of benzene rings is 1. The highest BCUT2D eigenvalue weighted by Gasteiger charge is 2.18.